The highest BCUT2D eigenvalue weighted by Gasteiger charge is 2.47. The number of carbonyl (C=O) groups is 2. The Morgan fingerprint density at radius 3 is 2.52 bits per heavy atom. The third kappa shape index (κ3) is 3.12. The van der Waals surface area contributed by atoms with Gasteiger partial charge < -0.3 is 9.64 Å². The van der Waals surface area contributed by atoms with Crippen LogP contribution in [0.5, 0.6) is 0 Å². The van der Waals surface area contributed by atoms with Gasteiger partial charge in [0, 0.05) is 16.8 Å². The molecular formula is C22H22ClNO3. The molecule has 1 aliphatic carbocycles. The Bertz CT molecular complexity index is 873. The normalized spacial score (nSPS) is 19.9. The monoisotopic (exact) mass is 383 g/mol. The molecule has 1 amide bonds. The lowest BCUT2D eigenvalue weighted by molar-refractivity contribution is -0.157. The predicted molar refractivity (Wildman–Crippen MR) is 105 cm³/mol. The van der Waals surface area contributed by atoms with Crippen LogP contribution in [0.15, 0.2) is 48.5 Å². The highest BCUT2D eigenvalue weighted by molar-refractivity contribution is 6.30. The van der Waals surface area contributed by atoms with E-state index in [0.29, 0.717) is 5.02 Å². The van der Waals surface area contributed by atoms with Crippen molar-refractivity contribution in [3.8, 4) is 0 Å². The second-order valence-corrected chi connectivity index (χ2v) is 7.90. The number of benzene rings is 2. The molecule has 1 atom stereocenters. The first-order chi connectivity index (χ1) is 13.0. The number of nitrogens with zero attached hydrogens (tertiary/aromatic N) is 1. The van der Waals surface area contributed by atoms with E-state index in [1.165, 1.54) is 0 Å². The molecule has 1 fully saturated rings. The topological polar surface area (TPSA) is 46.6 Å². The van der Waals surface area contributed by atoms with Crippen molar-refractivity contribution in [3.05, 3.63) is 64.7 Å². The zero-order chi connectivity index (χ0) is 19.0. The SMILES string of the molecule is C[C@@H]1Cc2ccccc2N1C(=O)COC(=O)C1(c2ccc(Cl)cc2)CCC1. The van der Waals surface area contributed by atoms with E-state index in [4.69, 9.17) is 16.3 Å². The number of ether oxygens (including phenoxy) is 1. The van der Waals surface area contributed by atoms with Gasteiger partial charge in [-0.25, -0.2) is 0 Å². The number of hydrogen-bond donors (Lipinski definition) is 0. The van der Waals surface area contributed by atoms with Crippen molar-refractivity contribution in [1.82, 2.24) is 0 Å². The van der Waals surface area contributed by atoms with Gasteiger partial charge in [-0.15, -0.1) is 0 Å². The van der Waals surface area contributed by atoms with Gasteiger partial charge in [-0.05, 0) is 55.5 Å². The zero-order valence-electron chi connectivity index (χ0n) is 15.3. The van der Waals surface area contributed by atoms with Crippen LogP contribution in [0.3, 0.4) is 0 Å². The summed E-state index contributed by atoms with van der Waals surface area (Å²) in [4.78, 5) is 27.4. The molecule has 140 valence electrons. The molecule has 4 rings (SSSR count). The van der Waals surface area contributed by atoms with Crippen LogP contribution in [-0.4, -0.2) is 24.5 Å². The zero-order valence-corrected chi connectivity index (χ0v) is 16.0. The number of esters is 1. The van der Waals surface area contributed by atoms with E-state index >= 15 is 0 Å². The van der Waals surface area contributed by atoms with Crippen LogP contribution in [0, 0.1) is 0 Å². The minimum Gasteiger partial charge on any atom is -0.455 e. The van der Waals surface area contributed by atoms with Gasteiger partial charge in [-0.1, -0.05) is 48.4 Å². The Balaban J connectivity index is 1.46. The van der Waals surface area contributed by atoms with E-state index in [2.05, 4.69) is 0 Å². The molecule has 4 nitrogen and oxygen atoms in total. The Kier molecular flexibility index (Phi) is 4.68. The van der Waals surface area contributed by atoms with Crippen molar-refractivity contribution in [3.63, 3.8) is 0 Å². The fourth-order valence-corrected chi connectivity index (χ4v) is 4.32. The summed E-state index contributed by atoms with van der Waals surface area (Å²) in [6, 6.07) is 15.3. The number of para-hydroxylation sites is 1. The summed E-state index contributed by atoms with van der Waals surface area (Å²) < 4.78 is 5.51. The lowest BCUT2D eigenvalue weighted by Crippen LogP contribution is -2.45. The average Bonchev–Trinajstić information content (AvgIpc) is 2.96. The predicted octanol–water partition coefficient (Wildman–Crippen LogP) is 4.28. The molecule has 2 aromatic rings. The minimum atomic E-state index is -0.639. The summed E-state index contributed by atoms with van der Waals surface area (Å²) in [5.41, 5.74) is 2.35. The van der Waals surface area contributed by atoms with Gasteiger partial charge in [-0.2, -0.15) is 0 Å². The summed E-state index contributed by atoms with van der Waals surface area (Å²) in [5.74, 6) is -0.490. The van der Waals surface area contributed by atoms with E-state index in [-0.39, 0.29) is 24.5 Å². The van der Waals surface area contributed by atoms with Crippen LogP contribution in [-0.2, 0) is 26.2 Å². The van der Waals surface area contributed by atoms with Crippen molar-refractivity contribution < 1.29 is 14.3 Å². The van der Waals surface area contributed by atoms with E-state index in [0.717, 1.165) is 42.5 Å². The fourth-order valence-electron chi connectivity index (χ4n) is 4.19. The number of hydrogen-bond acceptors (Lipinski definition) is 3. The Labute approximate surface area is 164 Å². The van der Waals surface area contributed by atoms with Crippen LogP contribution < -0.4 is 4.90 Å². The summed E-state index contributed by atoms with van der Waals surface area (Å²) in [7, 11) is 0. The van der Waals surface area contributed by atoms with Crippen molar-refractivity contribution in [2.24, 2.45) is 0 Å². The van der Waals surface area contributed by atoms with E-state index in [9.17, 15) is 9.59 Å². The molecule has 1 aliphatic heterocycles. The number of amides is 1. The van der Waals surface area contributed by atoms with Crippen LogP contribution in [0.1, 0.15) is 37.3 Å². The van der Waals surface area contributed by atoms with Crippen molar-refractivity contribution in [1.29, 1.82) is 0 Å². The fraction of sp³-hybridized carbons (Fsp3) is 0.364. The molecule has 0 saturated heterocycles. The Morgan fingerprint density at radius 1 is 1.15 bits per heavy atom. The molecule has 0 radical (unpaired) electrons. The second kappa shape index (κ2) is 7.01. The molecule has 0 aromatic heterocycles. The maximum Gasteiger partial charge on any atom is 0.317 e. The molecule has 0 unspecified atom stereocenters. The molecule has 27 heavy (non-hydrogen) atoms. The van der Waals surface area contributed by atoms with Crippen LogP contribution in [0.25, 0.3) is 0 Å². The first-order valence-electron chi connectivity index (χ1n) is 9.34. The third-order valence-corrected chi connectivity index (χ3v) is 6.05. The van der Waals surface area contributed by atoms with Gasteiger partial charge in [0.15, 0.2) is 6.61 Å². The standard InChI is InChI=1S/C22H22ClNO3/c1-15-13-16-5-2-3-6-19(16)24(15)20(25)14-27-21(26)22(11-4-12-22)17-7-9-18(23)10-8-17/h2-3,5-10,15H,4,11-14H2,1H3/t15-/m1/s1. The van der Waals surface area contributed by atoms with Crippen molar-refractivity contribution in [2.45, 2.75) is 44.1 Å². The summed E-state index contributed by atoms with van der Waals surface area (Å²) in [5, 5.41) is 0.637. The lowest BCUT2D eigenvalue weighted by Gasteiger charge is -2.39. The van der Waals surface area contributed by atoms with Crippen LogP contribution in [0.4, 0.5) is 5.69 Å². The number of rotatable bonds is 4. The molecule has 0 N–H and O–H groups in total. The van der Waals surface area contributed by atoms with E-state index < -0.39 is 5.41 Å². The molecule has 2 aliphatic rings. The maximum absolute atomic E-state index is 12.9. The molecule has 0 bridgehead atoms. The van der Waals surface area contributed by atoms with Crippen LogP contribution >= 0.6 is 11.6 Å². The Hall–Kier alpha value is -2.33. The lowest BCUT2D eigenvalue weighted by atomic mass is 9.64. The van der Waals surface area contributed by atoms with Gasteiger partial charge in [0.2, 0.25) is 0 Å². The number of carbonyl (C=O) groups excluding carboxylic acids is 2. The quantitative estimate of drug-likeness (QED) is 0.740. The van der Waals surface area contributed by atoms with Crippen molar-refractivity contribution >= 4 is 29.2 Å². The van der Waals surface area contributed by atoms with Gasteiger partial charge in [0.05, 0.1) is 5.41 Å². The molecule has 0 spiro atoms. The minimum absolute atomic E-state index is 0.0718. The third-order valence-electron chi connectivity index (χ3n) is 5.80. The van der Waals surface area contributed by atoms with Crippen LogP contribution in [0.2, 0.25) is 5.02 Å². The summed E-state index contributed by atoms with van der Waals surface area (Å²) >= 11 is 5.97. The Morgan fingerprint density at radius 2 is 1.85 bits per heavy atom. The van der Waals surface area contributed by atoms with Gasteiger partial charge >= 0.3 is 5.97 Å². The molecule has 1 saturated carbocycles. The second-order valence-electron chi connectivity index (χ2n) is 7.46. The number of fused-ring (bicyclic) bond motifs is 1. The molecule has 1 heterocycles. The largest absolute Gasteiger partial charge is 0.455 e. The van der Waals surface area contributed by atoms with E-state index in [1.807, 2.05) is 43.3 Å². The first kappa shape index (κ1) is 18.1. The highest BCUT2D eigenvalue weighted by atomic mass is 35.5. The molecule has 5 heteroatoms. The molecular weight excluding hydrogens is 362 g/mol. The number of anilines is 1. The highest BCUT2D eigenvalue weighted by Crippen LogP contribution is 2.45. The number of halogens is 1. The average molecular weight is 384 g/mol. The molecule has 2 aromatic carbocycles. The van der Waals surface area contributed by atoms with Gasteiger partial charge in [-0.3, -0.25) is 9.59 Å². The van der Waals surface area contributed by atoms with E-state index in [1.54, 1.807) is 17.0 Å². The maximum atomic E-state index is 12.9. The first-order valence-corrected chi connectivity index (χ1v) is 9.72. The summed E-state index contributed by atoms with van der Waals surface area (Å²) in [6.07, 6.45) is 3.28. The van der Waals surface area contributed by atoms with Gasteiger partial charge in [0.25, 0.3) is 5.91 Å². The van der Waals surface area contributed by atoms with Crippen molar-refractivity contribution in [2.75, 3.05) is 11.5 Å². The van der Waals surface area contributed by atoms with Gasteiger partial charge in [0.1, 0.15) is 0 Å². The smallest absolute Gasteiger partial charge is 0.317 e. The summed E-state index contributed by atoms with van der Waals surface area (Å²) in [6.45, 7) is 1.79.